The Balaban J connectivity index is 1.66. The van der Waals surface area contributed by atoms with E-state index < -0.39 is 6.10 Å². The SMILES string of the molecule is O=C(Nc1ccccc1O)[C@@H]1O[C@H]1c1ccccc1. The minimum Gasteiger partial charge on any atom is -0.506 e. The minimum absolute atomic E-state index is 0.0489. The lowest BCUT2D eigenvalue weighted by molar-refractivity contribution is -0.117. The van der Waals surface area contributed by atoms with E-state index in [0.29, 0.717) is 5.69 Å². The number of anilines is 1. The topological polar surface area (TPSA) is 61.9 Å². The van der Waals surface area contributed by atoms with Crippen molar-refractivity contribution in [2.45, 2.75) is 12.2 Å². The molecular weight excluding hydrogens is 242 g/mol. The molecule has 1 heterocycles. The van der Waals surface area contributed by atoms with Crippen LogP contribution in [0.25, 0.3) is 0 Å². The molecule has 1 saturated heterocycles. The molecule has 0 saturated carbocycles. The van der Waals surface area contributed by atoms with Gasteiger partial charge in [0.2, 0.25) is 0 Å². The average molecular weight is 255 g/mol. The second-order valence-electron chi connectivity index (χ2n) is 4.39. The van der Waals surface area contributed by atoms with Crippen LogP contribution in [0.5, 0.6) is 5.75 Å². The third-order valence-electron chi connectivity index (χ3n) is 3.04. The lowest BCUT2D eigenvalue weighted by atomic mass is 10.1. The van der Waals surface area contributed by atoms with Crippen molar-refractivity contribution in [3.63, 3.8) is 0 Å². The summed E-state index contributed by atoms with van der Waals surface area (Å²) >= 11 is 0. The van der Waals surface area contributed by atoms with Gasteiger partial charge in [-0.1, -0.05) is 42.5 Å². The van der Waals surface area contributed by atoms with Crippen LogP contribution in [0.3, 0.4) is 0 Å². The van der Waals surface area contributed by atoms with E-state index in [2.05, 4.69) is 5.32 Å². The van der Waals surface area contributed by atoms with Crippen molar-refractivity contribution in [3.05, 3.63) is 60.2 Å². The number of rotatable bonds is 3. The summed E-state index contributed by atoms with van der Waals surface area (Å²) in [6.07, 6.45) is -0.672. The number of phenolic OH excluding ortho intramolecular Hbond substituents is 1. The molecule has 1 amide bonds. The standard InChI is InChI=1S/C15H13NO3/c17-12-9-5-4-8-11(12)16-15(18)14-13(19-14)10-6-2-1-3-7-10/h1-9,13-14,17H,(H,16,18)/t13-,14+/m0/s1. The van der Waals surface area contributed by atoms with Gasteiger partial charge in [-0.25, -0.2) is 0 Å². The van der Waals surface area contributed by atoms with Crippen LogP contribution in [0.4, 0.5) is 5.69 Å². The number of epoxide rings is 1. The van der Waals surface area contributed by atoms with Crippen molar-refractivity contribution >= 4 is 11.6 Å². The molecule has 2 aromatic carbocycles. The first kappa shape index (κ1) is 11.7. The predicted molar refractivity (Wildman–Crippen MR) is 70.8 cm³/mol. The first-order chi connectivity index (χ1) is 9.25. The van der Waals surface area contributed by atoms with E-state index in [1.807, 2.05) is 30.3 Å². The van der Waals surface area contributed by atoms with Gasteiger partial charge in [-0.3, -0.25) is 4.79 Å². The summed E-state index contributed by atoms with van der Waals surface area (Å²) in [4.78, 5) is 12.0. The van der Waals surface area contributed by atoms with Gasteiger partial charge in [0.15, 0.2) is 6.10 Å². The molecule has 0 unspecified atom stereocenters. The van der Waals surface area contributed by atoms with Crippen molar-refractivity contribution in [1.82, 2.24) is 0 Å². The van der Waals surface area contributed by atoms with E-state index in [4.69, 9.17) is 4.74 Å². The first-order valence-corrected chi connectivity index (χ1v) is 6.05. The Morgan fingerprint density at radius 1 is 1.05 bits per heavy atom. The third kappa shape index (κ3) is 2.44. The maximum absolute atomic E-state index is 12.0. The Kier molecular flexibility index (Phi) is 2.93. The number of amides is 1. The van der Waals surface area contributed by atoms with Gasteiger partial charge < -0.3 is 15.2 Å². The van der Waals surface area contributed by atoms with Crippen molar-refractivity contribution < 1.29 is 14.6 Å². The summed E-state index contributed by atoms with van der Waals surface area (Å²) in [5, 5.41) is 12.2. The molecule has 2 aromatic rings. The van der Waals surface area contributed by atoms with E-state index in [-0.39, 0.29) is 17.8 Å². The van der Waals surface area contributed by atoms with Crippen LogP contribution in [-0.2, 0) is 9.53 Å². The summed E-state index contributed by atoms with van der Waals surface area (Å²) in [6, 6.07) is 16.2. The summed E-state index contributed by atoms with van der Waals surface area (Å²) in [7, 11) is 0. The maximum atomic E-state index is 12.0. The van der Waals surface area contributed by atoms with Gasteiger partial charge in [0, 0.05) is 0 Å². The zero-order chi connectivity index (χ0) is 13.2. The lowest BCUT2D eigenvalue weighted by Gasteiger charge is -2.04. The van der Waals surface area contributed by atoms with Gasteiger partial charge >= 0.3 is 0 Å². The van der Waals surface area contributed by atoms with Gasteiger partial charge in [-0.15, -0.1) is 0 Å². The highest BCUT2D eigenvalue weighted by molar-refractivity contribution is 5.97. The second kappa shape index (κ2) is 4.74. The molecule has 96 valence electrons. The molecule has 4 heteroatoms. The molecule has 0 bridgehead atoms. The van der Waals surface area contributed by atoms with E-state index in [9.17, 15) is 9.90 Å². The molecule has 3 rings (SSSR count). The first-order valence-electron chi connectivity index (χ1n) is 6.05. The molecule has 1 aliphatic rings. The number of para-hydroxylation sites is 2. The second-order valence-corrected chi connectivity index (χ2v) is 4.39. The minimum atomic E-state index is -0.484. The number of hydrogen-bond acceptors (Lipinski definition) is 3. The Morgan fingerprint density at radius 3 is 2.47 bits per heavy atom. The molecule has 19 heavy (non-hydrogen) atoms. The van der Waals surface area contributed by atoms with E-state index >= 15 is 0 Å². The molecule has 0 radical (unpaired) electrons. The van der Waals surface area contributed by atoms with Crippen LogP contribution >= 0.6 is 0 Å². The lowest BCUT2D eigenvalue weighted by Crippen LogP contribution is -2.18. The molecule has 0 aromatic heterocycles. The zero-order valence-corrected chi connectivity index (χ0v) is 10.1. The Bertz CT molecular complexity index is 597. The maximum Gasteiger partial charge on any atom is 0.256 e. The van der Waals surface area contributed by atoms with Crippen LogP contribution < -0.4 is 5.32 Å². The smallest absolute Gasteiger partial charge is 0.256 e. The molecule has 4 nitrogen and oxygen atoms in total. The molecule has 0 spiro atoms. The number of benzene rings is 2. The number of nitrogens with one attached hydrogen (secondary N) is 1. The molecule has 2 atom stereocenters. The highest BCUT2D eigenvalue weighted by Gasteiger charge is 2.46. The summed E-state index contributed by atoms with van der Waals surface area (Å²) < 4.78 is 5.38. The van der Waals surface area contributed by atoms with Crippen LogP contribution in [0.1, 0.15) is 11.7 Å². The quantitative estimate of drug-likeness (QED) is 0.654. The van der Waals surface area contributed by atoms with Gasteiger partial charge in [-0.2, -0.15) is 0 Å². The number of carbonyl (C=O) groups is 1. The average Bonchev–Trinajstić information content (AvgIpc) is 3.23. The predicted octanol–water partition coefficient (Wildman–Crippen LogP) is 2.47. The largest absolute Gasteiger partial charge is 0.506 e. The van der Waals surface area contributed by atoms with E-state index in [1.54, 1.807) is 18.2 Å². The van der Waals surface area contributed by atoms with Gasteiger partial charge in [0.25, 0.3) is 5.91 Å². The van der Waals surface area contributed by atoms with Crippen LogP contribution in [0, 0.1) is 0 Å². The van der Waals surface area contributed by atoms with E-state index in [1.165, 1.54) is 6.07 Å². The Morgan fingerprint density at radius 2 is 1.74 bits per heavy atom. The number of ether oxygens (including phenoxy) is 1. The van der Waals surface area contributed by atoms with Gasteiger partial charge in [0.1, 0.15) is 11.9 Å². The number of hydrogen-bond donors (Lipinski definition) is 2. The zero-order valence-electron chi connectivity index (χ0n) is 10.1. The van der Waals surface area contributed by atoms with Crippen LogP contribution in [0.15, 0.2) is 54.6 Å². The normalized spacial score (nSPS) is 20.8. The summed E-state index contributed by atoms with van der Waals surface area (Å²) in [5.74, 6) is -0.192. The molecule has 1 fully saturated rings. The van der Waals surface area contributed by atoms with Crippen molar-refractivity contribution in [3.8, 4) is 5.75 Å². The van der Waals surface area contributed by atoms with Crippen LogP contribution in [0.2, 0.25) is 0 Å². The van der Waals surface area contributed by atoms with Crippen LogP contribution in [-0.4, -0.2) is 17.1 Å². The van der Waals surface area contributed by atoms with Crippen molar-refractivity contribution in [1.29, 1.82) is 0 Å². The van der Waals surface area contributed by atoms with E-state index in [0.717, 1.165) is 5.56 Å². The molecular formula is C15H13NO3. The fraction of sp³-hybridized carbons (Fsp3) is 0.133. The number of carbonyl (C=O) groups excluding carboxylic acids is 1. The summed E-state index contributed by atoms with van der Waals surface area (Å²) in [6.45, 7) is 0. The van der Waals surface area contributed by atoms with Gasteiger partial charge in [0.05, 0.1) is 5.69 Å². The Hall–Kier alpha value is -2.33. The molecule has 0 aliphatic carbocycles. The number of aromatic hydroxyl groups is 1. The molecule has 1 aliphatic heterocycles. The van der Waals surface area contributed by atoms with Crippen molar-refractivity contribution in [2.75, 3.05) is 5.32 Å². The Labute approximate surface area is 110 Å². The monoisotopic (exact) mass is 255 g/mol. The third-order valence-corrected chi connectivity index (χ3v) is 3.04. The van der Waals surface area contributed by atoms with Gasteiger partial charge in [-0.05, 0) is 17.7 Å². The highest BCUT2D eigenvalue weighted by Crippen LogP contribution is 2.39. The molecule has 2 N–H and O–H groups in total. The fourth-order valence-corrected chi connectivity index (χ4v) is 1.99. The summed E-state index contributed by atoms with van der Waals surface area (Å²) in [5.41, 5.74) is 1.38. The van der Waals surface area contributed by atoms with Crippen molar-refractivity contribution in [2.24, 2.45) is 0 Å². The number of phenols is 1. The fourth-order valence-electron chi connectivity index (χ4n) is 1.99. The highest BCUT2D eigenvalue weighted by atomic mass is 16.6.